The van der Waals surface area contributed by atoms with Gasteiger partial charge >= 0.3 is 0 Å². The fourth-order valence-electron chi connectivity index (χ4n) is 1.89. The second kappa shape index (κ2) is 7.09. The summed E-state index contributed by atoms with van der Waals surface area (Å²) < 4.78 is 5.19. The predicted octanol–water partition coefficient (Wildman–Crippen LogP) is 2.92. The number of allylic oxidation sites excluding steroid dienone is 1. The standard InChI is InChI=1S/C18H16N2O2/c1-13-2-6-15(7-3-13)16(11-19)10-14-4-8-17(9-5-14)22-12-18(20)21/h2-10H,12H2,1H3,(H2,20,21)/b16-10-. The summed E-state index contributed by atoms with van der Waals surface area (Å²) in [6.45, 7) is 1.85. The maximum Gasteiger partial charge on any atom is 0.255 e. The van der Waals surface area contributed by atoms with Crippen LogP contribution in [0.15, 0.2) is 48.5 Å². The quantitative estimate of drug-likeness (QED) is 0.680. The molecule has 2 aromatic rings. The molecule has 0 spiro atoms. The Bertz CT molecular complexity index is 723. The van der Waals surface area contributed by atoms with Gasteiger partial charge in [0, 0.05) is 0 Å². The summed E-state index contributed by atoms with van der Waals surface area (Å²) in [6, 6.07) is 17.1. The minimum Gasteiger partial charge on any atom is -0.484 e. The summed E-state index contributed by atoms with van der Waals surface area (Å²) in [5.74, 6) is 0.0416. The molecule has 4 heteroatoms. The Balaban J connectivity index is 2.18. The molecule has 1 amide bonds. The van der Waals surface area contributed by atoms with Gasteiger partial charge in [-0.15, -0.1) is 0 Å². The molecular formula is C18H16N2O2. The van der Waals surface area contributed by atoms with Gasteiger partial charge in [-0.2, -0.15) is 5.26 Å². The van der Waals surface area contributed by atoms with Crippen molar-refractivity contribution in [2.45, 2.75) is 6.92 Å². The molecule has 2 aromatic carbocycles. The monoisotopic (exact) mass is 292 g/mol. The fraction of sp³-hybridized carbons (Fsp3) is 0.111. The molecule has 0 fully saturated rings. The van der Waals surface area contributed by atoms with E-state index in [4.69, 9.17) is 10.5 Å². The first kappa shape index (κ1) is 15.3. The van der Waals surface area contributed by atoms with E-state index in [-0.39, 0.29) is 6.61 Å². The molecule has 0 saturated heterocycles. The Hall–Kier alpha value is -3.06. The third kappa shape index (κ3) is 4.22. The molecule has 0 aliphatic carbocycles. The number of hydrogen-bond acceptors (Lipinski definition) is 3. The van der Waals surface area contributed by atoms with Gasteiger partial charge < -0.3 is 10.5 Å². The summed E-state index contributed by atoms with van der Waals surface area (Å²) >= 11 is 0. The van der Waals surface area contributed by atoms with Crippen molar-refractivity contribution in [2.75, 3.05) is 6.61 Å². The number of carbonyl (C=O) groups is 1. The summed E-state index contributed by atoms with van der Waals surface area (Å²) in [6.07, 6.45) is 1.81. The maximum atomic E-state index is 10.7. The Morgan fingerprint density at radius 1 is 1.18 bits per heavy atom. The van der Waals surface area contributed by atoms with Crippen molar-refractivity contribution < 1.29 is 9.53 Å². The van der Waals surface area contributed by atoms with E-state index in [1.54, 1.807) is 12.1 Å². The third-order valence-corrected chi connectivity index (χ3v) is 3.06. The lowest BCUT2D eigenvalue weighted by atomic mass is 10.0. The molecule has 0 aromatic heterocycles. The second-order valence-corrected chi connectivity index (χ2v) is 4.86. The van der Waals surface area contributed by atoms with E-state index < -0.39 is 5.91 Å². The average molecular weight is 292 g/mol. The summed E-state index contributed by atoms with van der Waals surface area (Å²) in [5, 5.41) is 9.32. The topological polar surface area (TPSA) is 76.1 Å². The van der Waals surface area contributed by atoms with Crippen molar-refractivity contribution in [3.63, 3.8) is 0 Å². The molecular weight excluding hydrogens is 276 g/mol. The van der Waals surface area contributed by atoms with E-state index in [2.05, 4.69) is 6.07 Å². The van der Waals surface area contributed by atoms with E-state index in [1.807, 2.05) is 49.4 Å². The fourth-order valence-corrected chi connectivity index (χ4v) is 1.89. The van der Waals surface area contributed by atoms with Crippen LogP contribution in [0.25, 0.3) is 11.6 Å². The van der Waals surface area contributed by atoms with Gasteiger partial charge in [-0.1, -0.05) is 42.0 Å². The van der Waals surface area contributed by atoms with Crippen LogP contribution in [0, 0.1) is 18.3 Å². The van der Waals surface area contributed by atoms with Gasteiger partial charge in [0.25, 0.3) is 5.91 Å². The summed E-state index contributed by atoms with van der Waals surface area (Å²) in [7, 11) is 0. The Morgan fingerprint density at radius 2 is 1.82 bits per heavy atom. The van der Waals surface area contributed by atoms with Crippen molar-refractivity contribution in [1.29, 1.82) is 5.26 Å². The molecule has 0 saturated carbocycles. The third-order valence-electron chi connectivity index (χ3n) is 3.06. The predicted molar refractivity (Wildman–Crippen MR) is 85.8 cm³/mol. The molecule has 0 aliphatic rings. The highest BCUT2D eigenvalue weighted by atomic mass is 16.5. The SMILES string of the molecule is Cc1ccc(/C(C#N)=C\c2ccc(OCC(N)=O)cc2)cc1. The van der Waals surface area contributed by atoms with Gasteiger partial charge in [-0.05, 0) is 36.3 Å². The molecule has 0 aliphatic heterocycles. The number of benzene rings is 2. The molecule has 110 valence electrons. The largest absolute Gasteiger partial charge is 0.484 e. The van der Waals surface area contributed by atoms with Crippen LogP contribution in [-0.4, -0.2) is 12.5 Å². The number of hydrogen-bond donors (Lipinski definition) is 1. The Kier molecular flexibility index (Phi) is 4.94. The molecule has 0 unspecified atom stereocenters. The molecule has 0 atom stereocenters. The van der Waals surface area contributed by atoms with Gasteiger partial charge in [-0.3, -0.25) is 4.79 Å². The van der Waals surface area contributed by atoms with E-state index in [0.29, 0.717) is 11.3 Å². The van der Waals surface area contributed by atoms with E-state index in [0.717, 1.165) is 16.7 Å². The zero-order chi connectivity index (χ0) is 15.9. The molecule has 2 rings (SSSR count). The number of ether oxygens (including phenoxy) is 1. The number of rotatable bonds is 5. The summed E-state index contributed by atoms with van der Waals surface area (Å²) in [4.78, 5) is 10.7. The van der Waals surface area contributed by atoms with Crippen LogP contribution in [0.4, 0.5) is 0 Å². The lowest BCUT2D eigenvalue weighted by molar-refractivity contribution is -0.119. The first-order chi connectivity index (χ1) is 10.6. The molecule has 2 N–H and O–H groups in total. The van der Waals surface area contributed by atoms with Gasteiger partial charge in [-0.25, -0.2) is 0 Å². The highest BCUT2D eigenvalue weighted by Gasteiger charge is 2.02. The van der Waals surface area contributed by atoms with Crippen molar-refractivity contribution in [1.82, 2.24) is 0 Å². The number of carbonyl (C=O) groups excluding carboxylic acids is 1. The number of aryl methyl sites for hydroxylation is 1. The van der Waals surface area contributed by atoms with Crippen molar-refractivity contribution in [3.8, 4) is 11.8 Å². The average Bonchev–Trinajstić information content (AvgIpc) is 2.52. The minimum atomic E-state index is -0.518. The second-order valence-electron chi connectivity index (χ2n) is 4.86. The summed E-state index contributed by atoms with van der Waals surface area (Å²) in [5.41, 5.74) is 8.51. The molecule has 4 nitrogen and oxygen atoms in total. The number of nitrogens with zero attached hydrogens (tertiary/aromatic N) is 1. The van der Waals surface area contributed by atoms with Crippen molar-refractivity contribution in [3.05, 3.63) is 65.2 Å². The number of nitriles is 1. The van der Waals surface area contributed by atoms with Crippen LogP contribution in [0.1, 0.15) is 16.7 Å². The molecule has 22 heavy (non-hydrogen) atoms. The van der Waals surface area contributed by atoms with E-state index in [1.165, 1.54) is 0 Å². The smallest absolute Gasteiger partial charge is 0.255 e. The van der Waals surface area contributed by atoms with Gasteiger partial charge in [0.1, 0.15) is 5.75 Å². The lowest BCUT2D eigenvalue weighted by Crippen LogP contribution is -2.19. The zero-order valence-corrected chi connectivity index (χ0v) is 12.2. The van der Waals surface area contributed by atoms with Crippen LogP contribution < -0.4 is 10.5 Å². The van der Waals surface area contributed by atoms with Crippen LogP contribution >= 0.6 is 0 Å². The Labute approximate surface area is 129 Å². The van der Waals surface area contributed by atoms with Crippen LogP contribution in [-0.2, 0) is 4.79 Å². The maximum absolute atomic E-state index is 10.7. The van der Waals surface area contributed by atoms with Gasteiger partial charge in [0.2, 0.25) is 0 Å². The lowest BCUT2D eigenvalue weighted by Gasteiger charge is -2.04. The highest BCUT2D eigenvalue weighted by molar-refractivity contribution is 5.89. The van der Waals surface area contributed by atoms with Crippen LogP contribution in [0.5, 0.6) is 5.75 Å². The number of amides is 1. The van der Waals surface area contributed by atoms with Crippen LogP contribution in [0.3, 0.4) is 0 Å². The first-order valence-corrected chi connectivity index (χ1v) is 6.78. The normalized spacial score (nSPS) is 10.8. The first-order valence-electron chi connectivity index (χ1n) is 6.78. The Morgan fingerprint density at radius 3 is 2.36 bits per heavy atom. The molecule has 0 radical (unpaired) electrons. The zero-order valence-electron chi connectivity index (χ0n) is 12.2. The van der Waals surface area contributed by atoms with E-state index in [9.17, 15) is 10.1 Å². The number of primary amides is 1. The van der Waals surface area contributed by atoms with E-state index >= 15 is 0 Å². The molecule has 0 bridgehead atoms. The van der Waals surface area contributed by atoms with Gasteiger partial charge in [0.15, 0.2) is 6.61 Å². The van der Waals surface area contributed by atoms with Crippen molar-refractivity contribution in [2.24, 2.45) is 5.73 Å². The number of nitrogens with two attached hydrogens (primary N) is 1. The van der Waals surface area contributed by atoms with Crippen LogP contribution in [0.2, 0.25) is 0 Å². The minimum absolute atomic E-state index is 0.151. The van der Waals surface area contributed by atoms with Crippen molar-refractivity contribution >= 4 is 17.6 Å². The molecule has 0 heterocycles. The van der Waals surface area contributed by atoms with Gasteiger partial charge in [0.05, 0.1) is 11.6 Å². The highest BCUT2D eigenvalue weighted by Crippen LogP contribution is 2.20.